The summed E-state index contributed by atoms with van der Waals surface area (Å²) in [5.41, 5.74) is 0.969. The van der Waals surface area contributed by atoms with Crippen molar-refractivity contribution < 1.29 is 9.84 Å². The smallest absolute Gasteiger partial charge is 0.218 e. The van der Waals surface area contributed by atoms with Crippen LogP contribution in [-0.4, -0.2) is 42.4 Å². The summed E-state index contributed by atoms with van der Waals surface area (Å²) < 4.78 is 5.54. The van der Waals surface area contributed by atoms with Gasteiger partial charge in [-0.15, -0.1) is 24.0 Å². The molecule has 6 nitrogen and oxygen atoms in total. The van der Waals surface area contributed by atoms with Gasteiger partial charge in [0, 0.05) is 31.5 Å². The van der Waals surface area contributed by atoms with E-state index in [2.05, 4.69) is 27.5 Å². The van der Waals surface area contributed by atoms with Crippen molar-refractivity contribution in [3.8, 4) is 5.88 Å². The largest absolute Gasteiger partial charge is 0.478 e. The Kier molecular flexibility index (Phi) is 14.5. The van der Waals surface area contributed by atoms with E-state index in [0.29, 0.717) is 24.9 Å². The van der Waals surface area contributed by atoms with E-state index in [1.165, 1.54) is 0 Å². The van der Waals surface area contributed by atoms with E-state index in [-0.39, 0.29) is 30.6 Å². The van der Waals surface area contributed by atoms with Gasteiger partial charge in [0.15, 0.2) is 5.96 Å². The van der Waals surface area contributed by atoms with E-state index in [1.54, 1.807) is 6.20 Å². The number of pyridine rings is 1. The molecular formula is C18H33IN4O2. The standard InChI is InChI=1S/C18H32N4O2.HI/c1-4-8-15(10-12-23)13-21-18(19-5-2)22-14-16-9-7-11-20-17(16)24-6-3;/h7,9,11,15,23H,4-6,8,10,12-14H2,1-3H3,(H2,19,21,22);1H. The summed E-state index contributed by atoms with van der Waals surface area (Å²) >= 11 is 0. The molecule has 0 aliphatic heterocycles. The fraction of sp³-hybridized carbons (Fsp3) is 0.667. The van der Waals surface area contributed by atoms with Crippen LogP contribution in [-0.2, 0) is 6.54 Å². The first-order chi connectivity index (χ1) is 11.7. The molecule has 1 unspecified atom stereocenters. The Morgan fingerprint density at radius 3 is 2.72 bits per heavy atom. The van der Waals surface area contributed by atoms with Crippen LogP contribution in [0.1, 0.15) is 45.6 Å². The van der Waals surface area contributed by atoms with Gasteiger partial charge in [-0.1, -0.05) is 19.4 Å². The molecule has 1 aromatic heterocycles. The topological polar surface area (TPSA) is 78.8 Å². The molecule has 25 heavy (non-hydrogen) atoms. The lowest BCUT2D eigenvalue weighted by Crippen LogP contribution is -2.40. The second-order valence-corrected chi connectivity index (χ2v) is 5.64. The number of nitrogens with zero attached hydrogens (tertiary/aromatic N) is 2. The average molecular weight is 464 g/mol. The molecule has 0 spiro atoms. The predicted octanol–water partition coefficient (Wildman–Crippen LogP) is 2.95. The maximum atomic E-state index is 9.17. The first kappa shape index (κ1) is 23.9. The van der Waals surface area contributed by atoms with Crippen molar-refractivity contribution in [2.24, 2.45) is 10.9 Å². The van der Waals surface area contributed by atoms with Crippen LogP contribution >= 0.6 is 24.0 Å². The molecule has 0 aliphatic carbocycles. The van der Waals surface area contributed by atoms with Crippen LogP contribution in [0.15, 0.2) is 23.3 Å². The third-order valence-electron chi connectivity index (χ3n) is 3.68. The summed E-state index contributed by atoms with van der Waals surface area (Å²) in [6, 6.07) is 3.88. The quantitative estimate of drug-likeness (QED) is 0.267. The Balaban J connectivity index is 0.00000576. The monoisotopic (exact) mass is 464 g/mol. The second-order valence-electron chi connectivity index (χ2n) is 5.64. The molecule has 144 valence electrons. The van der Waals surface area contributed by atoms with E-state index in [9.17, 15) is 5.11 Å². The van der Waals surface area contributed by atoms with Crippen LogP contribution in [0.5, 0.6) is 5.88 Å². The van der Waals surface area contributed by atoms with Crippen LogP contribution in [0.3, 0.4) is 0 Å². The summed E-state index contributed by atoms with van der Waals surface area (Å²) in [4.78, 5) is 8.89. The van der Waals surface area contributed by atoms with Gasteiger partial charge in [-0.05, 0) is 38.7 Å². The summed E-state index contributed by atoms with van der Waals surface area (Å²) in [7, 11) is 0. The predicted molar refractivity (Wildman–Crippen MR) is 114 cm³/mol. The minimum Gasteiger partial charge on any atom is -0.478 e. The highest BCUT2D eigenvalue weighted by molar-refractivity contribution is 14.0. The van der Waals surface area contributed by atoms with Gasteiger partial charge in [-0.3, -0.25) is 0 Å². The van der Waals surface area contributed by atoms with Gasteiger partial charge in [-0.2, -0.15) is 0 Å². The number of guanidine groups is 1. The van der Waals surface area contributed by atoms with Gasteiger partial charge in [0.2, 0.25) is 5.88 Å². The normalized spacial score (nSPS) is 12.2. The van der Waals surface area contributed by atoms with Crippen LogP contribution in [0.25, 0.3) is 0 Å². The Hall–Kier alpha value is -1.09. The summed E-state index contributed by atoms with van der Waals surface area (Å²) in [6.07, 6.45) is 4.76. The van der Waals surface area contributed by atoms with Crippen molar-refractivity contribution >= 4 is 29.9 Å². The van der Waals surface area contributed by atoms with E-state index in [0.717, 1.165) is 43.9 Å². The molecule has 0 aromatic carbocycles. The lowest BCUT2D eigenvalue weighted by atomic mass is 10.0. The van der Waals surface area contributed by atoms with Gasteiger partial charge in [-0.25, -0.2) is 9.98 Å². The molecule has 0 saturated heterocycles. The fourth-order valence-electron chi connectivity index (χ4n) is 2.50. The number of nitrogens with one attached hydrogen (secondary N) is 2. The molecule has 1 atom stereocenters. The number of halogens is 1. The number of hydrogen-bond donors (Lipinski definition) is 3. The van der Waals surface area contributed by atoms with Crippen molar-refractivity contribution in [3.63, 3.8) is 0 Å². The Labute approximate surface area is 168 Å². The summed E-state index contributed by atoms with van der Waals surface area (Å²) in [6.45, 7) is 9.10. The summed E-state index contributed by atoms with van der Waals surface area (Å²) in [5, 5.41) is 15.8. The third-order valence-corrected chi connectivity index (χ3v) is 3.68. The zero-order valence-corrected chi connectivity index (χ0v) is 18.0. The highest BCUT2D eigenvalue weighted by Gasteiger charge is 2.09. The van der Waals surface area contributed by atoms with Gasteiger partial charge in [0.05, 0.1) is 13.2 Å². The maximum absolute atomic E-state index is 9.17. The maximum Gasteiger partial charge on any atom is 0.218 e. The van der Waals surface area contributed by atoms with Gasteiger partial charge < -0.3 is 20.5 Å². The fourth-order valence-corrected chi connectivity index (χ4v) is 2.50. The van der Waals surface area contributed by atoms with Crippen molar-refractivity contribution in [2.75, 3.05) is 26.3 Å². The van der Waals surface area contributed by atoms with Crippen molar-refractivity contribution in [2.45, 2.75) is 46.6 Å². The lowest BCUT2D eigenvalue weighted by molar-refractivity contribution is 0.251. The Morgan fingerprint density at radius 2 is 2.08 bits per heavy atom. The molecule has 7 heteroatoms. The highest BCUT2D eigenvalue weighted by atomic mass is 127. The Bertz CT molecular complexity index is 480. The Morgan fingerprint density at radius 1 is 1.28 bits per heavy atom. The van der Waals surface area contributed by atoms with Crippen molar-refractivity contribution in [1.29, 1.82) is 0 Å². The van der Waals surface area contributed by atoms with Crippen LogP contribution < -0.4 is 15.4 Å². The van der Waals surface area contributed by atoms with E-state index >= 15 is 0 Å². The van der Waals surface area contributed by atoms with E-state index in [1.807, 2.05) is 26.0 Å². The lowest BCUT2D eigenvalue weighted by Gasteiger charge is -2.18. The number of hydrogen-bond acceptors (Lipinski definition) is 4. The molecule has 0 saturated carbocycles. The van der Waals surface area contributed by atoms with Crippen LogP contribution in [0.4, 0.5) is 0 Å². The molecular weight excluding hydrogens is 431 g/mol. The molecule has 0 fully saturated rings. The average Bonchev–Trinajstić information content (AvgIpc) is 2.59. The first-order valence-corrected chi connectivity index (χ1v) is 8.94. The van der Waals surface area contributed by atoms with Crippen LogP contribution in [0, 0.1) is 5.92 Å². The molecule has 1 rings (SSSR count). The zero-order valence-electron chi connectivity index (χ0n) is 15.6. The SMILES string of the molecule is CCCC(CCO)CNC(=NCc1cccnc1OCC)NCC.I. The molecule has 0 aliphatic rings. The summed E-state index contributed by atoms with van der Waals surface area (Å²) in [5.74, 6) is 1.88. The number of ether oxygens (including phenoxy) is 1. The first-order valence-electron chi connectivity index (χ1n) is 8.94. The van der Waals surface area contributed by atoms with E-state index < -0.39 is 0 Å². The van der Waals surface area contributed by atoms with E-state index in [4.69, 9.17) is 4.74 Å². The van der Waals surface area contributed by atoms with Crippen molar-refractivity contribution in [3.05, 3.63) is 23.9 Å². The van der Waals surface area contributed by atoms with Gasteiger partial charge in [0.1, 0.15) is 0 Å². The van der Waals surface area contributed by atoms with Crippen molar-refractivity contribution in [1.82, 2.24) is 15.6 Å². The number of rotatable bonds is 11. The molecule has 0 amide bonds. The number of aliphatic imine (C=N–C) groups is 1. The number of aliphatic hydroxyl groups is 1. The van der Waals surface area contributed by atoms with Gasteiger partial charge >= 0.3 is 0 Å². The number of aliphatic hydroxyl groups excluding tert-OH is 1. The highest BCUT2D eigenvalue weighted by Crippen LogP contribution is 2.15. The molecule has 1 heterocycles. The minimum atomic E-state index is 0. The minimum absolute atomic E-state index is 0. The van der Waals surface area contributed by atoms with Gasteiger partial charge in [0.25, 0.3) is 0 Å². The molecule has 1 aromatic rings. The molecule has 0 bridgehead atoms. The number of aromatic nitrogens is 1. The molecule has 0 radical (unpaired) electrons. The third kappa shape index (κ3) is 9.84. The molecule has 3 N–H and O–H groups in total. The van der Waals surface area contributed by atoms with Crippen LogP contribution in [0.2, 0.25) is 0 Å². The second kappa shape index (κ2) is 15.2. The zero-order chi connectivity index (χ0) is 17.6.